The van der Waals surface area contributed by atoms with E-state index in [4.69, 9.17) is 4.74 Å². The van der Waals surface area contributed by atoms with Gasteiger partial charge in [-0.3, -0.25) is 14.5 Å². The first-order valence-corrected chi connectivity index (χ1v) is 7.47. The minimum atomic E-state index is -0.156. The highest BCUT2D eigenvalue weighted by Gasteiger charge is 2.29. The second-order valence-electron chi connectivity index (χ2n) is 5.68. The molecule has 1 saturated heterocycles. The van der Waals surface area contributed by atoms with Gasteiger partial charge in [0.2, 0.25) is 5.91 Å². The molecule has 3 rings (SSSR count). The minimum Gasteiger partial charge on any atom is -0.482 e. The zero-order valence-corrected chi connectivity index (χ0v) is 12.3. The quantitative estimate of drug-likeness (QED) is 0.833. The lowest BCUT2D eigenvalue weighted by Crippen LogP contribution is -2.47. The van der Waals surface area contributed by atoms with Gasteiger partial charge in [0, 0.05) is 13.1 Å². The molecule has 2 heterocycles. The molecule has 21 heavy (non-hydrogen) atoms. The van der Waals surface area contributed by atoms with E-state index in [2.05, 4.69) is 0 Å². The number of likely N-dealkylation sites (tertiary alicyclic amines) is 1. The highest BCUT2D eigenvalue weighted by atomic mass is 16.5. The van der Waals surface area contributed by atoms with E-state index >= 15 is 0 Å². The lowest BCUT2D eigenvalue weighted by molar-refractivity contribution is -0.132. The Morgan fingerprint density at radius 3 is 2.76 bits per heavy atom. The van der Waals surface area contributed by atoms with E-state index in [0.29, 0.717) is 11.4 Å². The van der Waals surface area contributed by atoms with Gasteiger partial charge in [0.1, 0.15) is 12.3 Å². The summed E-state index contributed by atoms with van der Waals surface area (Å²) in [6.07, 6.45) is 3.29. The maximum Gasteiger partial charge on any atom is 0.265 e. The summed E-state index contributed by atoms with van der Waals surface area (Å²) in [5.41, 5.74) is 1.77. The number of aryl methyl sites for hydroxylation is 1. The summed E-state index contributed by atoms with van der Waals surface area (Å²) in [6.45, 7) is 3.70. The Balaban J connectivity index is 1.78. The van der Waals surface area contributed by atoms with Crippen LogP contribution in [-0.4, -0.2) is 43.0 Å². The highest BCUT2D eigenvalue weighted by molar-refractivity contribution is 6.02. The summed E-state index contributed by atoms with van der Waals surface area (Å²) in [6, 6.07) is 5.69. The maximum atomic E-state index is 12.4. The molecule has 1 aromatic rings. The molecule has 0 spiro atoms. The van der Waals surface area contributed by atoms with Crippen LogP contribution in [-0.2, 0) is 9.59 Å². The number of rotatable bonds is 2. The molecule has 1 aromatic carbocycles. The predicted octanol–water partition coefficient (Wildman–Crippen LogP) is 1.73. The van der Waals surface area contributed by atoms with Crippen LogP contribution in [0, 0.1) is 6.92 Å². The third-order valence-corrected chi connectivity index (χ3v) is 4.06. The summed E-state index contributed by atoms with van der Waals surface area (Å²) in [7, 11) is 0. The number of carbonyl (C=O) groups is 2. The summed E-state index contributed by atoms with van der Waals surface area (Å²) in [4.78, 5) is 27.9. The second kappa shape index (κ2) is 5.76. The molecule has 0 atom stereocenters. The van der Waals surface area contributed by atoms with Gasteiger partial charge in [-0.1, -0.05) is 6.07 Å². The van der Waals surface area contributed by atoms with Crippen molar-refractivity contribution in [3.8, 4) is 5.75 Å². The molecule has 2 aliphatic rings. The van der Waals surface area contributed by atoms with Crippen LogP contribution in [0.25, 0.3) is 0 Å². The Morgan fingerprint density at radius 1 is 1.24 bits per heavy atom. The Morgan fingerprint density at radius 2 is 2.00 bits per heavy atom. The van der Waals surface area contributed by atoms with Crippen LogP contribution in [0.4, 0.5) is 5.69 Å². The van der Waals surface area contributed by atoms with Crippen LogP contribution in [0.3, 0.4) is 0 Å². The van der Waals surface area contributed by atoms with E-state index in [9.17, 15) is 9.59 Å². The maximum absolute atomic E-state index is 12.4. The standard InChI is InChI=1S/C16H20N2O3/c1-12-5-6-13-14(9-12)21-11-16(20)18(13)10-15(19)17-7-3-2-4-8-17/h5-6,9H,2-4,7-8,10-11H2,1H3. The molecule has 0 radical (unpaired) electrons. The number of ether oxygens (including phenoxy) is 1. The van der Waals surface area contributed by atoms with Crippen LogP contribution in [0.1, 0.15) is 24.8 Å². The van der Waals surface area contributed by atoms with Crippen LogP contribution >= 0.6 is 0 Å². The Labute approximate surface area is 124 Å². The van der Waals surface area contributed by atoms with Gasteiger partial charge in [-0.25, -0.2) is 0 Å². The van der Waals surface area contributed by atoms with Crippen molar-refractivity contribution in [1.29, 1.82) is 0 Å². The summed E-state index contributed by atoms with van der Waals surface area (Å²) < 4.78 is 5.46. The third kappa shape index (κ3) is 2.86. The Kier molecular flexibility index (Phi) is 3.82. The van der Waals surface area contributed by atoms with Crippen molar-refractivity contribution in [1.82, 2.24) is 4.90 Å². The van der Waals surface area contributed by atoms with Gasteiger partial charge in [-0.2, -0.15) is 0 Å². The number of benzene rings is 1. The first-order valence-electron chi connectivity index (χ1n) is 7.47. The van der Waals surface area contributed by atoms with Crippen molar-refractivity contribution in [2.45, 2.75) is 26.2 Å². The molecule has 0 saturated carbocycles. The molecular formula is C16H20N2O3. The van der Waals surface area contributed by atoms with E-state index in [0.717, 1.165) is 31.5 Å². The van der Waals surface area contributed by atoms with Gasteiger partial charge < -0.3 is 9.64 Å². The third-order valence-electron chi connectivity index (χ3n) is 4.06. The van der Waals surface area contributed by atoms with E-state index in [1.165, 1.54) is 6.42 Å². The molecule has 1 fully saturated rings. The van der Waals surface area contributed by atoms with Crippen LogP contribution in [0.15, 0.2) is 18.2 Å². The fourth-order valence-electron chi connectivity index (χ4n) is 2.86. The molecule has 0 bridgehead atoms. The SMILES string of the molecule is Cc1ccc2c(c1)OCC(=O)N2CC(=O)N1CCCCC1. The monoisotopic (exact) mass is 288 g/mol. The average Bonchev–Trinajstić information content (AvgIpc) is 2.51. The fourth-order valence-corrected chi connectivity index (χ4v) is 2.86. The van der Waals surface area contributed by atoms with Crippen LogP contribution < -0.4 is 9.64 Å². The van der Waals surface area contributed by atoms with E-state index < -0.39 is 0 Å². The normalized spacial score (nSPS) is 18.2. The van der Waals surface area contributed by atoms with Gasteiger partial charge in [-0.15, -0.1) is 0 Å². The van der Waals surface area contributed by atoms with Crippen molar-refractivity contribution in [3.05, 3.63) is 23.8 Å². The molecule has 5 nitrogen and oxygen atoms in total. The largest absolute Gasteiger partial charge is 0.482 e. The van der Waals surface area contributed by atoms with Gasteiger partial charge in [0.25, 0.3) is 5.91 Å². The van der Waals surface area contributed by atoms with E-state index in [1.54, 1.807) is 4.90 Å². The van der Waals surface area contributed by atoms with Crippen LogP contribution in [0.2, 0.25) is 0 Å². The van der Waals surface area contributed by atoms with Gasteiger partial charge >= 0.3 is 0 Å². The Bertz CT molecular complexity index is 565. The topological polar surface area (TPSA) is 49.9 Å². The first kappa shape index (κ1) is 13.9. The summed E-state index contributed by atoms with van der Waals surface area (Å²) >= 11 is 0. The number of nitrogens with zero attached hydrogens (tertiary/aromatic N) is 2. The highest BCUT2D eigenvalue weighted by Crippen LogP contribution is 2.32. The number of hydrogen-bond donors (Lipinski definition) is 0. The van der Waals surface area contributed by atoms with Crippen molar-refractivity contribution in [3.63, 3.8) is 0 Å². The summed E-state index contributed by atoms with van der Waals surface area (Å²) in [5, 5.41) is 0. The summed E-state index contributed by atoms with van der Waals surface area (Å²) in [5.74, 6) is 0.550. The van der Waals surface area contributed by atoms with Gasteiger partial charge in [-0.05, 0) is 43.9 Å². The predicted molar refractivity (Wildman–Crippen MR) is 79.5 cm³/mol. The molecule has 0 aliphatic carbocycles. The number of amides is 2. The zero-order valence-electron chi connectivity index (χ0n) is 12.3. The average molecular weight is 288 g/mol. The zero-order chi connectivity index (χ0) is 14.8. The van der Waals surface area contributed by atoms with E-state index in [1.807, 2.05) is 30.0 Å². The van der Waals surface area contributed by atoms with Crippen molar-refractivity contribution in [2.75, 3.05) is 31.1 Å². The molecule has 112 valence electrons. The number of carbonyl (C=O) groups excluding carboxylic acids is 2. The minimum absolute atomic E-state index is 0.00370. The smallest absolute Gasteiger partial charge is 0.265 e. The lowest BCUT2D eigenvalue weighted by atomic mass is 10.1. The second-order valence-corrected chi connectivity index (χ2v) is 5.68. The first-order chi connectivity index (χ1) is 10.1. The molecule has 2 aliphatic heterocycles. The lowest BCUT2D eigenvalue weighted by Gasteiger charge is -2.32. The molecular weight excluding hydrogens is 268 g/mol. The number of anilines is 1. The van der Waals surface area contributed by atoms with E-state index in [-0.39, 0.29) is 25.0 Å². The molecule has 0 aromatic heterocycles. The van der Waals surface area contributed by atoms with Crippen LogP contribution in [0.5, 0.6) is 5.75 Å². The Hall–Kier alpha value is -2.04. The number of hydrogen-bond acceptors (Lipinski definition) is 3. The molecule has 2 amide bonds. The number of fused-ring (bicyclic) bond motifs is 1. The van der Waals surface area contributed by atoms with Gasteiger partial charge in [0.15, 0.2) is 6.61 Å². The fraction of sp³-hybridized carbons (Fsp3) is 0.500. The number of piperidine rings is 1. The molecule has 5 heteroatoms. The van der Waals surface area contributed by atoms with Crippen molar-refractivity contribution < 1.29 is 14.3 Å². The molecule has 0 N–H and O–H groups in total. The molecule has 0 unspecified atom stereocenters. The van der Waals surface area contributed by atoms with Crippen molar-refractivity contribution in [2.24, 2.45) is 0 Å². The van der Waals surface area contributed by atoms with Gasteiger partial charge in [0.05, 0.1) is 5.69 Å². The van der Waals surface area contributed by atoms with Crippen molar-refractivity contribution >= 4 is 17.5 Å².